The van der Waals surface area contributed by atoms with Crippen LogP contribution in [0.1, 0.15) is 47.9 Å². The number of aromatic nitrogens is 3. The van der Waals surface area contributed by atoms with E-state index in [2.05, 4.69) is 10.3 Å². The van der Waals surface area contributed by atoms with E-state index in [9.17, 15) is 9.59 Å². The molecule has 2 amide bonds. The fourth-order valence-corrected chi connectivity index (χ4v) is 3.94. The van der Waals surface area contributed by atoms with Gasteiger partial charge in [0.2, 0.25) is 5.91 Å². The largest absolute Gasteiger partial charge is 0.356 e. The maximum absolute atomic E-state index is 12.6. The van der Waals surface area contributed by atoms with Gasteiger partial charge in [-0.05, 0) is 25.3 Å². The summed E-state index contributed by atoms with van der Waals surface area (Å²) in [6.45, 7) is 0.543. The van der Waals surface area contributed by atoms with E-state index < -0.39 is 0 Å². The topological polar surface area (TPSA) is 72.2 Å². The van der Waals surface area contributed by atoms with E-state index in [4.69, 9.17) is 0 Å². The van der Waals surface area contributed by atoms with Gasteiger partial charge < -0.3 is 19.4 Å². The Bertz CT molecular complexity index is 820. The lowest BCUT2D eigenvalue weighted by Crippen LogP contribution is -2.48. The highest BCUT2D eigenvalue weighted by molar-refractivity contribution is 5.94. The number of carbonyl (C=O) groups excluding carboxylic acids is 2. The zero-order valence-electron chi connectivity index (χ0n) is 15.3. The van der Waals surface area contributed by atoms with Crippen LogP contribution in [-0.2, 0) is 18.9 Å². The van der Waals surface area contributed by atoms with Crippen molar-refractivity contribution in [2.75, 3.05) is 6.54 Å². The monoisotopic (exact) mass is 355 g/mol. The third-order valence-corrected chi connectivity index (χ3v) is 5.45. The zero-order valence-corrected chi connectivity index (χ0v) is 15.3. The van der Waals surface area contributed by atoms with Gasteiger partial charge in [0.05, 0.1) is 11.6 Å². The van der Waals surface area contributed by atoms with E-state index in [-0.39, 0.29) is 23.8 Å². The summed E-state index contributed by atoms with van der Waals surface area (Å²) < 4.78 is 3.85. The molecule has 1 saturated heterocycles. The van der Waals surface area contributed by atoms with Crippen LogP contribution < -0.4 is 5.32 Å². The van der Waals surface area contributed by atoms with E-state index in [1.54, 1.807) is 6.20 Å². The second-order valence-electron chi connectivity index (χ2n) is 7.45. The summed E-state index contributed by atoms with van der Waals surface area (Å²) in [5.41, 5.74) is 0.659. The Balaban J connectivity index is 1.54. The smallest absolute Gasteiger partial charge is 0.252 e. The van der Waals surface area contributed by atoms with Gasteiger partial charge in [0, 0.05) is 63.8 Å². The van der Waals surface area contributed by atoms with Crippen molar-refractivity contribution in [2.45, 2.75) is 37.8 Å². The Morgan fingerprint density at radius 2 is 2.08 bits per heavy atom. The summed E-state index contributed by atoms with van der Waals surface area (Å²) in [5.74, 6) is 1.22. The third kappa shape index (κ3) is 3.13. The van der Waals surface area contributed by atoms with Crippen molar-refractivity contribution in [3.05, 3.63) is 42.2 Å². The van der Waals surface area contributed by atoms with Crippen molar-refractivity contribution in [1.82, 2.24) is 24.3 Å². The van der Waals surface area contributed by atoms with Gasteiger partial charge in [0.25, 0.3) is 5.91 Å². The normalized spacial score (nSPS) is 23.3. The van der Waals surface area contributed by atoms with E-state index in [0.717, 1.165) is 25.1 Å². The molecule has 0 radical (unpaired) electrons. The Labute approximate surface area is 153 Å². The van der Waals surface area contributed by atoms with Gasteiger partial charge in [-0.3, -0.25) is 9.59 Å². The molecule has 4 rings (SSSR count). The van der Waals surface area contributed by atoms with Crippen LogP contribution in [0.15, 0.2) is 30.9 Å². The van der Waals surface area contributed by atoms with Gasteiger partial charge in [0.1, 0.15) is 5.82 Å². The average Bonchev–Trinajstić information content (AvgIpc) is 3.22. The number of nitrogens with one attached hydrogen (secondary N) is 1. The second-order valence-corrected chi connectivity index (χ2v) is 7.45. The number of nitrogens with zero attached hydrogens (tertiary/aromatic N) is 4. The van der Waals surface area contributed by atoms with Crippen LogP contribution >= 0.6 is 0 Å². The second kappa shape index (κ2) is 6.63. The maximum Gasteiger partial charge on any atom is 0.252 e. The van der Waals surface area contributed by atoms with Crippen molar-refractivity contribution < 1.29 is 9.59 Å². The molecule has 2 fully saturated rings. The number of carbonyl (C=O) groups is 2. The minimum atomic E-state index is -0.0703. The number of likely N-dealkylation sites (tertiary alicyclic amines) is 1. The molecule has 1 saturated carbocycles. The Hall–Kier alpha value is -2.57. The Kier molecular flexibility index (Phi) is 4.30. The van der Waals surface area contributed by atoms with Crippen molar-refractivity contribution in [3.8, 4) is 0 Å². The lowest BCUT2D eigenvalue weighted by atomic mass is 9.87. The molecule has 26 heavy (non-hydrogen) atoms. The van der Waals surface area contributed by atoms with Gasteiger partial charge in [-0.1, -0.05) is 0 Å². The predicted octanol–water partition coefficient (Wildman–Crippen LogP) is 1.63. The highest BCUT2D eigenvalue weighted by Crippen LogP contribution is 2.42. The van der Waals surface area contributed by atoms with Crippen LogP contribution in [0.4, 0.5) is 0 Å². The quantitative estimate of drug-likeness (QED) is 0.886. The fourth-order valence-electron chi connectivity index (χ4n) is 3.94. The average molecular weight is 355 g/mol. The molecule has 2 aromatic rings. The number of imidazole rings is 1. The number of hydrogen-bond acceptors (Lipinski definition) is 3. The fraction of sp³-hybridized carbons (Fsp3) is 0.526. The zero-order chi connectivity index (χ0) is 18.3. The molecule has 2 aliphatic rings. The first-order valence-corrected chi connectivity index (χ1v) is 9.23. The molecule has 7 heteroatoms. The molecule has 0 unspecified atom stereocenters. The van der Waals surface area contributed by atoms with Gasteiger partial charge in [-0.25, -0.2) is 4.98 Å². The molecular formula is C19H25N5O2. The highest BCUT2D eigenvalue weighted by atomic mass is 16.2. The van der Waals surface area contributed by atoms with E-state index in [1.807, 2.05) is 52.8 Å². The summed E-state index contributed by atoms with van der Waals surface area (Å²) >= 11 is 0. The number of aryl methyl sites for hydroxylation is 2. The lowest BCUT2D eigenvalue weighted by Gasteiger charge is -2.41. The van der Waals surface area contributed by atoms with Crippen LogP contribution in [-0.4, -0.2) is 43.4 Å². The molecular weight excluding hydrogens is 330 g/mol. The maximum atomic E-state index is 12.6. The summed E-state index contributed by atoms with van der Waals surface area (Å²) in [4.78, 5) is 31.6. The van der Waals surface area contributed by atoms with Gasteiger partial charge >= 0.3 is 0 Å². The van der Waals surface area contributed by atoms with E-state index in [1.165, 1.54) is 0 Å². The molecule has 3 heterocycles. The van der Waals surface area contributed by atoms with Crippen LogP contribution in [0.3, 0.4) is 0 Å². The SMILES string of the molecule is Cn1ccc(C(=O)NC[C@H]2CCC(=O)N(C3CC3)[C@@H]2c2nccn2C)c1. The van der Waals surface area contributed by atoms with Crippen LogP contribution in [0.5, 0.6) is 0 Å². The first-order valence-electron chi connectivity index (χ1n) is 9.23. The van der Waals surface area contributed by atoms with E-state index >= 15 is 0 Å². The Morgan fingerprint density at radius 1 is 1.27 bits per heavy atom. The molecule has 2 aromatic heterocycles. The number of rotatable bonds is 5. The first kappa shape index (κ1) is 16.9. The molecule has 1 aliphatic carbocycles. The molecule has 0 spiro atoms. The molecule has 0 aromatic carbocycles. The minimum absolute atomic E-state index is 0.0696. The first-order chi connectivity index (χ1) is 12.5. The molecule has 138 valence electrons. The molecule has 0 bridgehead atoms. The van der Waals surface area contributed by atoms with Gasteiger partial charge in [0.15, 0.2) is 0 Å². The number of piperidine rings is 1. The summed E-state index contributed by atoms with van der Waals surface area (Å²) in [6.07, 6.45) is 10.8. The number of amides is 2. The van der Waals surface area contributed by atoms with Crippen molar-refractivity contribution >= 4 is 11.8 Å². The highest BCUT2D eigenvalue weighted by Gasteiger charge is 2.45. The van der Waals surface area contributed by atoms with Gasteiger partial charge in [-0.15, -0.1) is 0 Å². The Morgan fingerprint density at radius 3 is 2.69 bits per heavy atom. The molecule has 1 aliphatic heterocycles. The predicted molar refractivity (Wildman–Crippen MR) is 96.3 cm³/mol. The standard InChI is InChI=1S/C19H25N5O2/c1-22-9-7-14(12-22)19(26)21-11-13-3-6-16(25)24(15-4-5-15)17(13)18-20-8-10-23(18)2/h7-10,12-13,15,17H,3-6,11H2,1-2H3,(H,21,26)/t13-,17+/m1/s1. The van der Waals surface area contributed by atoms with Gasteiger partial charge in [-0.2, -0.15) is 0 Å². The lowest BCUT2D eigenvalue weighted by molar-refractivity contribution is -0.140. The molecule has 2 atom stereocenters. The molecule has 1 N–H and O–H groups in total. The molecule has 7 nitrogen and oxygen atoms in total. The summed E-state index contributed by atoms with van der Waals surface area (Å²) in [7, 11) is 3.86. The van der Waals surface area contributed by atoms with E-state index in [0.29, 0.717) is 24.6 Å². The summed E-state index contributed by atoms with van der Waals surface area (Å²) in [6, 6.07) is 2.07. The van der Waals surface area contributed by atoms with Crippen LogP contribution in [0, 0.1) is 5.92 Å². The van der Waals surface area contributed by atoms with Crippen molar-refractivity contribution in [3.63, 3.8) is 0 Å². The van der Waals surface area contributed by atoms with Crippen LogP contribution in [0.2, 0.25) is 0 Å². The van der Waals surface area contributed by atoms with Crippen molar-refractivity contribution in [1.29, 1.82) is 0 Å². The number of hydrogen-bond donors (Lipinski definition) is 1. The minimum Gasteiger partial charge on any atom is -0.356 e. The van der Waals surface area contributed by atoms with Crippen molar-refractivity contribution in [2.24, 2.45) is 20.0 Å². The summed E-state index contributed by atoms with van der Waals surface area (Å²) in [5, 5.41) is 3.06. The van der Waals surface area contributed by atoms with Crippen LogP contribution in [0.25, 0.3) is 0 Å². The third-order valence-electron chi connectivity index (χ3n) is 5.45.